The normalized spacial score (nSPS) is 21.5. The van der Waals surface area contributed by atoms with Crippen LogP contribution in [0.1, 0.15) is 58.9 Å². The van der Waals surface area contributed by atoms with Gasteiger partial charge in [0.05, 0.1) is 0 Å². The Bertz CT molecular complexity index is 1030. The Labute approximate surface area is 185 Å². The molecule has 0 saturated carbocycles. The van der Waals surface area contributed by atoms with Crippen molar-refractivity contribution in [3.05, 3.63) is 101 Å². The number of piperidine rings is 1. The second-order valence-corrected chi connectivity index (χ2v) is 9.29. The van der Waals surface area contributed by atoms with E-state index in [-0.39, 0.29) is 5.92 Å². The van der Waals surface area contributed by atoms with E-state index in [1.54, 1.807) is 0 Å². The van der Waals surface area contributed by atoms with Crippen molar-refractivity contribution in [3.8, 4) is 0 Å². The smallest absolute Gasteiger partial charge is 0.123 e. The van der Waals surface area contributed by atoms with Gasteiger partial charge in [0, 0.05) is 30.6 Å². The molecule has 0 spiro atoms. The van der Waals surface area contributed by atoms with Crippen molar-refractivity contribution in [2.75, 3.05) is 18.0 Å². The number of anilines is 1. The highest BCUT2D eigenvalue weighted by molar-refractivity contribution is 5.56. The Kier molecular flexibility index (Phi) is 5.63. The first-order valence-corrected chi connectivity index (χ1v) is 11.7. The van der Waals surface area contributed by atoms with E-state index >= 15 is 0 Å². The molecule has 158 valence electrons. The molecule has 2 atom stereocenters. The predicted octanol–water partition coefficient (Wildman–Crippen LogP) is 6.27. The van der Waals surface area contributed by atoms with E-state index in [1.807, 2.05) is 0 Å². The van der Waals surface area contributed by atoms with Gasteiger partial charge in [0.25, 0.3) is 0 Å². The van der Waals surface area contributed by atoms with Crippen LogP contribution in [0, 0.1) is 12.8 Å². The molecule has 2 heteroatoms. The van der Waals surface area contributed by atoms with E-state index < -0.39 is 0 Å². The van der Waals surface area contributed by atoms with Gasteiger partial charge in [-0.1, -0.05) is 66.2 Å². The lowest BCUT2D eigenvalue weighted by molar-refractivity contribution is -0.111. The maximum absolute atomic E-state index is 11.1. The molecular weight excluding hydrogens is 378 g/mol. The summed E-state index contributed by atoms with van der Waals surface area (Å²) >= 11 is 0. The Morgan fingerprint density at radius 3 is 2.29 bits per heavy atom. The fourth-order valence-electron chi connectivity index (χ4n) is 5.61. The Morgan fingerprint density at radius 1 is 0.839 bits per heavy atom. The van der Waals surface area contributed by atoms with Crippen LogP contribution in [0.3, 0.4) is 0 Å². The molecule has 3 aromatic carbocycles. The molecule has 1 fully saturated rings. The summed E-state index contributed by atoms with van der Waals surface area (Å²) in [5, 5.41) is 0. The minimum Gasteiger partial charge on any atom is -0.371 e. The number of carbonyl (C=O) groups excluding carboxylic acids is 1. The number of aldehydes is 1. The zero-order valence-corrected chi connectivity index (χ0v) is 18.3. The minimum atomic E-state index is 0.240. The number of benzene rings is 3. The van der Waals surface area contributed by atoms with Gasteiger partial charge in [-0.25, -0.2) is 0 Å². The third kappa shape index (κ3) is 4.04. The quantitative estimate of drug-likeness (QED) is 0.473. The fourth-order valence-corrected chi connectivity index (χ4v) is 5.61. The maximum atomic E-state index is 11.1. The van der Waals surface area contributed by atoms with Crippen LogP contribution in [0.4, 0.5) is 5.69 Å². The van der Waals surface area contributed by atoms with Gasteiger partial charge in [0.15, 0.2) is 0 Å². The molecule has 1 heterocycles. The highest BCUT2D eigenvalue weighted by Crippen LogP contribution is 2.46. The van der Waals surface area contributed by atoms with Crippen LogP contribution in [0.5, 0.6) is 0 Å². The standard InChI is InChI=1S/C29H31NO/c1-21-7-13-28-25(19-21)10-14-27(23-5-3-2-4-6-23)29(28)24-8-11-26(12-9-24)30-17-15-22(20-31)16-18-30/h2-9,11-13,19-20,22,27,29H,10,14-18H2,1H3/t27-,29+/m1/s1. The average molecular weight is 410 g/mol. The van der Waals surface area contributed by atoms with Crippen molar-refractivity contribution in [2.24, 2.45) is 5.92 Å². The second kappa shape index (κ2) is 8.70. The summed E-state index contributed by atoms with van der Waals surface area (Å²) in [5.74, 6) is 1.14. The molecule has 5 rings (SSSR count). The summed E-state index contributed by atoms with van der Waals surface area (Å²) in [6.45, 7) is 4.14. The molecular formula is C29H31NO. The lowest BCUT2D eigenvalue weighted by atomic mass is 9.69. The number of fused-ring (bicyclic) bond motifs is 1. The third-order valence-electron chi connectivity index (χ3n) is 7.34. The molecule has 1 aliphatic heterocycles. The molecule has 0 unspecified atom stereocenters. The summed E-state index contributed by atoms with van der Waals surface area (Å²) in [6, 6.07) is 27.3. The summed E-state index contributed by atoms with van der Waals surface area (Å²) in [6.07, 6.45) is 5.41. The molecule has 2 nitrogen and oxygen atoms in total. The Morgan fingerprint density at radius 2 is 1.58 bits per heavy atom. The number of carbonyl (C=O) groups is 1. The van der Waals surface area contributed by atoms with Crippen LogP contribution in [0.2, 0.25) is 0 Å². The first-order chi connectivity index (χ1) is 15.2. The molecule has 0 aromatic heterocycles. The highest BCUT2D eigenvalue weighted by atomic mass is 16.1. The van der Waals surface area contributed by atoms with E-state index in [4.69, 9.17) is 0 Å². The number of aryl methyl sites for hydroxylation is 2. The van der Waals surface area contributed by atoms with Gasteiger partial charge in [0.2, 0.25) is 0 Å². The third-order valence-corrected chi connectivity index (χ3v) is 7.34. The van der Waals surface area contributed by atoms with Crippen LogP contribution in [-0.2, 0) is 11.2 Å². The van der Waals surface area contributed by atoms with Gasteiger partial charge in [-0.15, -0.1) is 0 Å². The lowest BCUT2D eigenvalue weighted by Crippen LogP contribution is -2.34. The van der Waals surface area contributed by atoms with E-state index in [0.29, 0.717) is 11.8 Å². The van der Waals surface area contributed by atoms with Crippen molar-refractivity contribution in [1.29, 1.82) is 0 Å². The zero-order chi connectivity index (χ0) is 21.2. The number of hydrogen-bond acceptors (Lipinski definition) is 2. The van der Waals surface area contributed by atoms with Crippen molar-refractivity contribution in [3.63, 3.8) is 0 Å². The topological polar surface area (TPSA) is 20.3 Å². The van der Waals surface area contributed by atoms with Crippen LogP contribution < -0.4 is 4.90 Å². The molecule has 1 saturated heterocycles. The van der Waals surface area contributed by atoms with Crippen molar-refractivity contribution >= 4 is 12.0 Å². The SMILES string of the molecule is Cc1ccc2c(c1)CC[C@H](c1ccccc1)[C@@H]2c1ccc(N2CCC(C=O)CC2)cc1. The average Bonchev–Trinajstić information content (AvgIpc) is 2.84. The van der Waals surface area contributed by atoms with E-state index in [1.165, 1.54) is 39.9 Å². The number of hydrogen-bond donors (Lipinski definition) is 0. The van der Waals surface area contributed by atoms with E-state index in [2.05, 4.69) is 84.6 Å². The van der Waals surface area contributed by atoms with E-state index in [9.17, 15) is 4.79 Å². The van der Waals surface area contributed by atoms with Gasteiger partial charge >= 0.3 is 0 Å². The molecule has 0 amide bonds. The van der Waals surface area contributed by atoms with Gasteiger partial charge in [-0.05, 0) is 72.9 Å². The van der Waals surface area contributed by atoms with E-state index in [0.717, 1.165) is 38.6 Å². The summed E-state index contributed by atoms with van der Waals surface area (Å²) < 4.78 is 0. The monoisotopic (exact) mass is 409 g/mol. The fraction of sp³-hybridized carbons (Fsp3) is 0.345. The predicted molar refractivity (Wildman–Crippen MR) is 128 cm³/mol. The zero-order valence-electron chi connectivity index (χ0n) is 18.3. The molecule has 2 aliphatic rings. The van der Waals surface area contributed by atoms with Crippen molar-refractivity contribution < 1.29 is 4.79 Å². The molecule has 0 bridgehead atoms. The maximum Gasteiger partial charge on any atom is 0.123 e. The number of nitrogens with zero attached hydrogens (tertiary/aromatic N) is 1. The Hall–Kier alpha value is -2.87. The van der Waals surface area contributed by atoms with Crippen LogP contribution in [-0.4, -0.2) is 19.4 Å². The summed E-state index contributed by atoms with van der Waals surface area (Å²) in [7, 11) is 0. The first-order valence-electron chi connectivity index (χ1n) is 11.7. The molecule has 3 aromatic rings. The van der Waals surface area contributed by atoms with Gasteiger partial charge in [-0.3, -0.25) is 0 Å². The largest absolute Gasteiger partial charge is 0.371 e. The molecule has 1 aliphatic carbocycles. The second-order valence-electron chi connectivity index (χ2n) is 9.29. The highest BCUT2D eigenvalue weighted by Gasteiger charge is 2.32. The minimum absolute atomic E-state index is 0.240. The Balaban J connectivity index is 1.47. The summed E-state index contributed by atoms with van der Waals surface area (Å²) in [5.41, 5.74) is 8.49. The van der Waals surface area contributed by atoms with Crippen molar-refractivity contribution in [2.45, 2.75) is 44.4 Å². The molecule has 0 N–H and O–H groups in total. The van der Waals surface area contributed by atoms with Gasteiger partial charge in [-0.2, -0.15) is 0 Å². The number of rotatable bonds is 4. The first kappa shape index (κ1) is 20.1. The molecule has 31 heavy (non-hydrogen) atoms. The van der Waals surface area contributed by atoms with Crippen LogP contribution in [0.15, 0.2) is 72.8 Å². The van der Waals surface area contributed by atoms with Crippen LogP contribution >= 0.6 is 0 Å². The molecule has 0 radical (unpaired) electrons. The van der Waals surface area contributed by atoms with Gasteiger partial charge < -0.3 is 9.69 Å². The van der Waals surface area contributed by atoms with Gasteiger partial charge in [0.1, 0.15) is 6.29 Å². The van der Waals surface area contributed by atoms with Crippen LogP contribution in [0.25, 0.3) is 0 Å². The summed E-state index contributed by atoms with van der Waals surface area (Å²) in [4.78, 5) is 13.5. The lowest BCUT2D eigenvalue weighted by Gasteiger charge is -2.35. The van der Waals surface area contributed by atoms with Crippen molar-refractivity contribution in [1.82, 2.24) is 0 Å².